The highest BCUT2D eigenvalue weighted by Gasteiger charge is 2.03. The van der Waals surface area contributed by atoms with E-state index in [4.69, 9.17) is 5.26 Å². The van der Waals surface area contributed by atoms with Crippen LogP contribution in [-0.2, 0) is 17.3 Å². The number of rotatable bonds is 4. The number of aromatic nitrogens is 2. The van der Waals surface area contributed by atoms with E-state index in [0.29, 0.717) is 18.7 Å². The van der Waals surface area contributed by atoms with Crippen LogP contribution in [0.15, 0.2) is 15.8 Å². The molecule has 0 spiro atoms. The Balaban J connectivity index is 2.89. The minimum atomic E-state index is -0.910. The fraction of sp³-hybridized carbons (Fsp3) is 0.444. The van der Waals surface area contributed by atoms with E-state index in [1.54, 1.807) is 12.3 Å². The van der Waals surface area contributed by atoms with Crippen molar-refractivity contribution in [2.75, 3.05) is 12.0 Å². The maximum Gasteiger partial charge on any atom is 0.328 e. The van der Waals surface area contributed by atoms with E-state index in [0.717, 1.165) is 0 Å². The van der Waals surface area contributed by atoms with Crippen LogP contribution < -0.4 is 11.2 Å². The van der Waals surface area contributed by atoms with E-state index in [-0.39, 0.29) is 5.56 Å². The molecule has 0 aliphatic heterocycles. The zero-order valence-electron chi connectivity index (χ0n) is 8.73. The van der Waals surface area contributed by atoms with Gasteiger partial charge in [0.2, 0.25) is 0 Å². The Bertz CT molecular complexity index is 552. The van der Waals surface area contributed by atoms with Gasteiger partial charge in [-0.2, -0.15) is 5.26 Å². The number of nitrogens with zero attached hydrogens (tertiary/aromatic N) is 2. The first kappa shape index (κ1) is 12.4. The lowest BCUT2D eigenvalue weighted by molar-refractivity contribution is 0.626. The van der Waals surface area contributed by atoms with Crippen LogP contribution in [-0.4, -0.2) is 25.8 Å². The van der Waals surface area contributed by atoms with Gasteiger partial charge < -0.3 is 0 Å². The topological polar surface area (TPSA) is 95.7 Å². The van der Waals surface area contributed by atoms with Crippen LogP contribution >= 0.6 is 0 Å². The highest BCUT2D eigenvalue weighted by molar-refractivity contribution is 7.84. The summed E-state index contributed by atoms with van der Waals surface area (Å²) in [6.07, 6.45) is 3.36. The SMILES string of the molecule is CS(=O)CCCn1cc(C#N)c(=O)[nH]c1=O. The molecular formula is C9H11N3O3S. The third-order valence-corrected chi connectivity index (χ3v) is 2.83. The van der Waals surface area contributed by atoms with Gasteiger partial charge in [0, 0.05) is 35.5 Å². The summed E-state index contributed by atoms with van der Waals surface area (Å²) < 4.78 is 12.1. The lowest BCUT2D eigenvalue weighted by atomic mass is 10.3. The van der Waals surface area contributed by atoms with Crippen molar-refractivity contribution in [2.24, 2.45) is 0 Å². The van der Waals surface area contributed by atoms with Gasteiger partial charge in [0.25, 0.3) is 5.56 Å². The zero-order valence-corrected chi connectivity index (χ0v) is 9.54. The molecule has 1 heterocycles. The summed E-state index contributed by atoms with van der Waals surface area (Å²) in [4.78, 5) is 24.4. The molecule has 16 heavy (non-hydrogen) atoms. The van der Waals surface area contributed by atoms with Gasteiger partial charge in [0.15, 0.2) is 0 Å². The third kappa shape index (κ3) is 3.17. The summed E-state index contributed by atoms with van der Waals surface area (Å²) >= 11 is 0. The van der Waals surface area contributed by atoms with Gasteiger partial charge in [0.05, 0.1) is 0 Å². The van der Waals surface area contributed by atoms with Gasteiger partial charge in [-0.25, -0.2) is 4.79 Å². The smallest absolute Gasteiger partial charge is 0.299 e. The second-order valence-corrected chi connectivity index (χ2v) is 4.79. The lowest BCUT2D eigenvalue weighted by Crippen LogP contribution is -2.31. The van der Waals surface area contributed by atoms with Crippen LogP contribution in [0.1, 0.15) is 12.0 Å². The fourth-order valence-corrected chi connectivity index (χ4v) is 1.73. The molecule has 0 aliphatic rings. The van der Waals surface area contributed by atoms with Gasteiger partial charge in [0.1, 0.15) is 11.6 Å². The molecule has 1 N–H and O–H groups in total. The van der Waals surface area contributed by atoms with E-state index < -0.39 is 22.0 Å². The van der Waals surface area contributed by atoms with Gasteiger partial charge >= 0.3 is 5.69 Å². The predicted octanol–water partition coefficient (Wildman–Crippen LogP) is -0.823. The third-order valence-electron chi connectivity index (χ3n) is 1.96. The zero-order chi connectivity index (χ0) is 12.1. The second kappa shape index (κ2) is 5.42. The maximum atomic E-state index is 11.3. The molecule has 0 saturated carbocycles. The number of aromatic amines is 1. The Kier molecular flexibility index (Phi) is 4.19. The summed E-state index contributed by atoms with van der Waals surface area (Å²) in [6.45, 7) is 0.337. The fourth-order valence-electron chi connectivity index (χ4n) is 1.19. The molecule has 1 atom stereocenters. The van der Waals surface area contributed by atoms with Gasteiger partial charge in [-0.3, -0.25) is 18.6 Å². The number of H-pyrrole nitrogens is 1. The van der Waals surface area contributed by atoms with Gasteiger partial charge in [-0.05, 0) is 6.42 Å². The van der Waals surface area contributed by atoms with Crippen molar-refractivity contribution in [3.63, 3.8) is 0 Å². The molecule has 7 heteroatoms. The van der Waals surface area contributed by atoms with E-state index in [1.807, 2.05) is 4.98 Å². The van der Waals surface area contributed by atoms with Crippen molar-refractivity contribution in [1.82, 2.24) is 9.55 Å². The average Bonchev–Trinajstić information content (AvgIpc) is 2.20. The van der Waals surface area contributed by atoms with Gasteiger partial charge in [-0.15, -0.1) is 0 Å². The summed E-state index contributed by atoms with van der Waals surface area (Å²) in [7, 11) is -0.910. The predicted molar refractivity (Wildman–Crippen MR) is 59.6 cm³/mol. The largest absolute Gasteiger partial charge is 0.328 e. The molecular weight excluding hydrogens is 230 g/mol. The van der Waals surface area contributed by atoms with Crippen LogP contribution in [0.5, 0.6) is 0 Å². The van der Waals surface area contributed by atoms with Crippen molar-refractivity contribution >= 4 is 10.8 Å². The minimum absolute atomic E-state index is 0.0998. The van der Waals surface area contributed by atoms with Gasteiger partial charge in [-0.1, -0.05) is 0 Å². The van der Waals surface area contributed by atoms with Crippen molar-refractivity contribution in [3.8, 4) is 6.07 Å². The molecule has 1 aromatic rings. The molecule has 1 rings (SSSR count). The molecule has 86 valence electrons. The van der Waals surface area contributed by atoms with Crippen LogP contribution in [0.2, 0.25) is 0 Å². The Morgan fingerprint density at radius 3 is 2.81 bits per heavy atom. The Hall–Kier alpha value is -1.68. The van der Waals surface area contributed by atoms with E-state index in [2.05, 4.69) is 0 Å². The van der Waals surface area contributed by atoms with Crippen LogP contribution in [0, 0.1) is 11.3 Å². The molecule has 0 aromatic carbocycles. The molecule has 0 radical (unpaired) electrons. The molecule has 6 nitrogen and oxygen atoms in total. The van der Waals surface area contributed by atoms with Crippen molar-refractivity contribution < 1.29 is 4.21 Å². The average molecular weight is 241 g/mol. The normalized spacial score (nSPS) is 12.0. The quantitative estimate of drug-likeness (QED) is 0.744. The number of hydrogen-bond acceptors (Lipinski definition) is 4. The first-order valence-corrected chi connectivity index (χ1v) is 6.31. The molecule has 1 aromatic heterocycles. The minimum Gasteiger partial charge on any atom is -0.299 e. The Labute approximate surface area is 94.0 Å². The number of nitrogens with one attached hydrogen (secondary N) is 1. The first-order chi connectivity index (χ1) is 7.54. The molecule has 0 amide bonds. The Morgan fingerprint density at radius 1 is 1.56 bits per heavy atom. The van der Waals surface area contributed by atoms with Crippen LogP contribution in [0.3, 0.4) is 0 Å². The molecule has 0 saturated heterocycles. The number of hydrogen-bond donors (Lipinski definition) is 1. The molecule has 1 unspecified atom stereocenters. The highest BCUT2D eigenvalue weighted by Crippen LogP contribution is 1.90. The summed E-state index contributed by atoms with van der Waals surface area (Å²) in [5.41, 5.74) is -1.33. The summed E-state index contributed by atoms with van der Waals surface area (Å²) in [5.74, 6) is 0.480. The van der Waals surface area contributed by atoms with Crippen molar-refractivity contribution in [3.05, 3.63) is 32.6 Å². The van der Waals surface area contributed by atoms with E-state index >= 15 is 0 Å². The lowest BCUT2D eigenvalue weighted by Gasteiger charge is -2.03. The summed E-state index contributed by atoms with van der Waals surface area (Å²) in [6, 6.07) is 1.70. The summed E-state index contributed by atoms with van der Waals surface area (Å²) in [5, 5.41) is 8.61. The highest BCUT2D eigenvalue weighted by atomic mass is 32.2. The van der Waals surface area contributed by atoms with E-state index in [9.17, 15) is 13.8 Å². The first-order valence-electron chi connectivity index (χ1n) is 4.58. The van der Waals surface area contributed by atoms with Crippen molar-refractivity contribution in [2.45, 2.75) is 13.0 Å². The van der Waals surface area contributed by atoms with Crippen LogP contribution in [0.4, 0.5) is 0 Å². The molecule has 0 aliphatic carbocycles. The van der Waals surface area contributed by atoms with Crippen molar-refractivity contribution in [1.29, 1.82) is 5.26 Å². The number of nitriles is 1. The van der Waals surface area contributed by atoms with Crippen LogP contribution in [0.25, 0.3) is 0 Å². The standard InChI is InChI=1S/C9H11N3O3S/c1-16(15)4-2-3-12-6-7(5-10)8(13)11-9(12)14/h6H,2-4H2,1H3,(H,11,13,14). The Morgan fingerprint density at radius 2 is 2.25 bits per heavy atom. The number of aryl methyl sites for hydroxylation is 1. The monoisotopic (exact) mass is 241 g/mol. The maximum absolute atomic E-state index is 11.3. The second-order valence-electron chi connectivity index (χ2n) is 3.24. The van der Waals surface area contributed by atoms with E-state index in [1.165, 1.54) is 10.8 Å². The molecule has 0 bridgehead atoms. The molecule has 0 fully saturated rings.